The number of sulfone groups is 1. The molecule has 0 spiro atoms. The monoisotopic (exact) mass is 322 g/mol. The highest BCUT2D eigenvalue weighted by molar-refractivity contribution is 7.89. The van der Waals surface area contributed by atoms with E-state index < -0.39 is 21.1 Å². The molecule has 22 heavy (non-hydrogen) atoms. The van der Waals surface area contributed by atoms with Gasteiger partial charge in [0.1, 0.15) is 0 Å². The largest absolute Gasteiger partial charge is 0.330 e. The number of rotatable bonds is 4. The van der Waals surface area contributed by atoms with Crippen molar-refractivity contribution < 1.29 is 8.42 Å². The van der Waals surface area contributed by atoms with Gasteiger partial charge in [0.05, 0.1) is 11.5 Å². The Morgan fingerprint density at radius 3 is 2.27 bits per heavy atom. The average Bonchev–Trinajstić information content (AvgIpc) is 2.44. The lowest BCUT2D eigenvalue weighted by Crippen LogP contribution is -2.38. The third kappa shape index (κ3) is 3.36. The van der Waals surface area contributed by atoms with Crippen molar-refractivity contribution >= 4 is 9.84 Å². The molecule has 2 rings (SSSR count). The number of nitrogens with zero attached hydrogens (tertiary/aromatic N) is 2. The minimum absolute atomic E-state index is 0.122. The maximum Gasteiger partial charge on any atom is 0.330 e. The van der Waals surface area contributed by atoms with Crippen LogP contribution in [0.25, 0.3) is 0 Å². The Bertz CT molecular complexity index is 923. The van der Waals surface area contributed by atoms with Crippen LogP contribution in [0.4, 0.5) is 0 Å². The standard InChI is InChI=1S/C15H18N2O4S/c1-11-6-4-5-7-12(11)9-22(20,21)10-13-8-14(18)17(3)15(19)16(13)2/h4-8H,9-10H2,1-3H3. The Balaban J connectivity index is 2.37. The van der Waals surface area contributed by atoms with E-state index in [1.165, 1.54) is 24.7 Å². The van der Waals surface area contributed by atoms with E-state index in [1.54, 1.807) is 12.1 Å². The maximum absolute atomic E-state index is 12.4. The lowest BCUT2D eigenvalue weighted by Gasteiger charge is -2.11. The fourth-order valence-electron chi connectivity index (χ4n) is 2.20. The first kappa shape index (κ1) is 16.2. The maximum atomic E-state index is 12.4. The molecule has 0 radical (unpaired) electrons. The van der Waals surface area contributed by atoms with Gasteiger partial charge in [0, 0.05) is 25.9 Å². The summed E-state index contributed by atoms with van der Waals surface area (Å²) >= 11 is 0. The van der Waals surface area contributed by atoms with Crippen molar-refractivity contribution in [3.63, 3.8) is 0 Å². The Hall–Kier alpha value is -2.15. The first-order valence-corrected chi connectivity index (χ1v) is 8.54. The highest BCUT2D eigenvalue weighted by Crippen LogP contribution is 2.14. The van der Waals surface area contributed by atoms with E-state index in [1.807, 2.05) is 19.1 Å². The van der Waals surface area contributed by atoms with Crippen LogP contribution in [0, 0.1) is 6.92 Å². The van der Waals surface area contributed by atoms with Gasteiger partial charge in [0.15, 0.2) is 9.84 Å². The molecule has 6 nitrogen and oxygen atoms in total. The molecule has 0 aliphatic carbocycles. The van der Waals surface area contributed by atoms with Crippen molar-refractivity contribution in [3.8, 4) is 0 Å². The second kappa shape index (κ2) is 5.92. The zero-order valence-corrected chi connectivity index (χ0v) is 13.6. The first-order valence-electron chi connectivity index (χ1n) is 6.72. The normalized spacial score (nSPS) is 11.6. The third-order valence-corrected chi connectivity index (χ3v) is 5.12. The van der Waals surface area contributed by atoms with Crippen LogP contribution in [0.15, 0.2) is 39.9 Å². The SMILES string of the molecule is Cc1ccccc1CS(=O)(=O)Cc1cc(=O)n(C)c(=O)n1C. The smallest absolute Gasteiger partial charge is 0.300 e. The van der Waals surface area contributed by atoms with E-state index in [2.05, 4.69) is 0 Å². The average molecular weight is 322 g/mol. The van der Waals surface area contributed by atoms with Crippen molar-refractivity contribution in [1.82, 2.24) is 9.13 Å². The van der Waals surface area contributed by atoms with Crippen LogP contribution >= 0.6 is 0 Å². The predicted molar refractivity (Wildman–Crippen MR) is 84.4 cm³/mol. The molecule has 0 fully saturated rings. The number of hydrogen-bond donors (Lipinski definition) is 0. The van der Waals surface area contributed by atoms with Gasteiger partial charge in [0.25, 0.3) is 5.56 Å². The van der Waals surface area contributed by atoms with Crippen LogP contribution in [0.2, 0.25) is 0 Å². The second-order valence-corrected chi connectivity index (χ2v) is 7.40. The molecule has 118 valence electrons. The highest BCUT2D eigenvalue weighted by atomic mass is 32.2. The quantitative estimate of drug-likeness (QED) is 0.821. The van der Waals surface area contributed by atoms with Crippen LogP contribution in [0.3, 0.4) is 0 Å². The molecule has 7 heteroatoms. The van der Waals surface area contributed by atoms with E-state index in [-0.39, 0.29) is 17.2 Å². The zero-order chi connectivity index (χ0) is 16.5. The van der Waals surface area contributed by atoms with Gasteiger partial charge < -0.3 is 0 Å². The Morgan fingerprint density at radius 1 is 1.00 bits per heavy atom. The molecule has 0 saturated carbocycles. The molecular weight excluding hydrogens is 304 g/mol. The van der Waals surface area contributed by atoms with Gasteiger partial charge in [-0.15, -0.1) is 0 Å². The summed E-state index contributed by atoms with van der Waals surface area (Å²) in [6.07, 6.45) is 0. The van der Waals surface area contributed by atoms with Gasteiger partial charge in [-0.3, -0.25) is 13.9 Å². The van der Waals surface area contributed by atoms with Gasteiger partial charge in [-0.25, -0.2) is 13.2 Å². The van der Waals surface area contributed by atoms with Crippen molar-refractivity contribution in [1.29, 1.82) is 0 Å². The van der Waals surface area contributed by atoms with Crippen molar-refractivity contribution in [3.05, 3.63) is 68.0 Å². The molecule has 0 bridgehead atoms. The summed E-state index contributed by atoms with van der Waals surface area (Å²) in [6, 6.07) is 8.42. The summed E-state index contributed by atoms with van der Waals surface area (Å²) in [6.45, 7) is 1.85. The van der Waals surface area contributed by atoms with Crippen molar-refractivity contribution in [2.24, 2.45) is 14.1 Å². The van der Waals surface area contributed by atoms with Gasteiger partial charge in [-0.2, -0.15) is 0 Å². The molecule has 0 aliphatic rings. The molecular formula is C15H18N2O4S. The Morgan fingerprint density at radius 2 is 1.64 bits per heavy atom. The third-order valence-electron chi connectivity index (χ3n) is 3.63. The van der Waals surface area contributed by atoms with Crippen LogP contribution in [0.5, 0.6) is 0 Å². The molecule has 0 atom stereocenters. The molecule has 1 aromatic heterocycles. The fraction of sp³-hybridized carbons (Fsp3) is 0.333. The second-order valence-electron chi connectivity index (χ2n) is 5.33. The van der Waals surface area contributed by atoms with Gasteiger partial charge in [-0.1, -0.05) is 24.3 Å². The molecule has 0 N–H and O–H groups in total. The Kier molecular flexibility index (Phi) is 4.37. The highest BCUT2D eigenvalue weighted by Gasteiger charge is 2.17. The Labute approximate surface area is 128 Å². The lowest BCUT2D eigenvalue weighted by atomic mass is 10.1. The van der Waals surface area contributed by atoms with Crippen LogP contribution in [0.1, 0.15) is 16.8 Å². The van der Waals surface area contributed by atoms with Gasteiger partial charge in [0.2, 0.25) is 0 Å². The van der Waals surface area contributed by atoms with E-state index in [4.69, 9.17) is 0 Å². The van der Waals surface area contributed by atoms with E-state index in [9.17, 15) is 18.0 Å². The van der Waals surface area contributed by atoms with Crippen molar-refractivity contribution in [2.45, 2.75) is 18.4 Å². The topological polar surface area (TPSA) is 78.1 Å². The van der Waals surface area contributed by atoms with Crippen LogP contribution in [-0.2, 0) is 35.4 Å². The zero-order valence-electron chi connectivity index (χ0n) is 12.7. The van der Waals surface area contributed by atoms with E-state index in [0.717, 1.165) is 15.7 Å². The molecule has 1 heterocycles. The fourth-order valence-corrected chi connectivity index (χ4v) is 3.83. The summed E-state index contributed by atoms with van der Waals surface area (Å²) < 4.78 is 26.8. The molecule has 0 saturated heterocycles. The molecule has 2 aromatic rings. The summed E-state index contributed by atoms with van der Waals surface area (Å²) in [5.74, 6) is -0.466. The van der Waals surface area contributed by atoms with Crippen LogP contribution in [-0.4, -0.2) is 17.6 Å². The lowest BCUT2D eigenvalue weighted by molar-refractivity contribution is 0.588. The van der Waals surface area contributed by atoms with Gasteiger partial charge >= 0.3 is 5.69 Å². The molecule has 0 aliphatic heterocycles. The number of aryl methyl sites for hydroxylation is 1. The van der Waals surface area contributed by atoms with Gasteiger partial charge in [-0.05, 0) is 18.1 Å². The molecule has 1 aromatic carbocycles. The van der Waals surface area contributed by atoms with Crippen molar-refractivity contribution in [2.75, 3.05) is 0 Å². The summed E-state index contributed by atoms with van der Waals surface area (Å²) in [4.78, 5) is 23.5. The van der Waals surface area contributed by atoms with Crippen LogP contribution < -0.4 is 11.2 Å². The van der Waals surface area contributed by atoms with E-state index in [0.29, 0.717) is 0 Å². The summed E-state index contributed by atoms with van der Waals surface area (Å²) in [7, 11) is -0.671. The minimum atomic E-state index is -3.49. The number of aromatic nitrogens is 2. The van der Waals surface area contributed by atoms with E-state index >= 15 is 0 Å². The number of hydrogen-bond acceptors (Lipinski definition) is 4. The molecule has 0 amide bonds. The minimum Gasteiger partial charge on any atom is -0.300 e. The predicted octanol–water partition coefficient (Wildman–Crippen LogP) is 0.507. The first-order chi connectivity index (χ1) is 10.2. The number of benzene rings is 1. The molecule has 0 unspecified atom stereocenters. The summed E-state index contributed by atoms with van der Waals surface area (Å²) in [5.41, 5.74) is 0.764. The summed E-state index contributed by atoms with van der Waals surface area (Å²) in [5, 5.41) is 0.